The molecular weight excluding hydrogens is 1440 g/mol. The van der Waals surface area contributed by atoms with E-state index in [4.69, 9.17) is 23.7 Å². The average Bonchev–Trinajstić information content (AvgIpc) is 1.10. The van der Waals surface area contributed by atoms with Gasteiger partial charge in [0.1, 0.15) is 127 Å². The molecule has 0 amide bonds. The molecule has 524 valence electrons. The predicted molar refractivity (Wildman–Crippen MR) is 422 cm³/mol. The Hall–Kier alpha value is -13.2. The zero-order valence-corrected chi connectivity index (χ0v) is 58.5. The fourth-order valence-corrected chi connectivity index (χ4v) is 19.7. The van der Waals surface area contributed by atoms with Crippen molar-refractivity contribution in [1.82, 2.24) is 0 Å². The number of ether oxygens (including phenoxy) is 5. The van der Waals surface area contributed by atoms with E-state index in [0.717, 1.165) is 33.7 Å². The van der Waals surface area contributed by atoms with Crippen LogP contribution < -0.4 is 91.1 Å². The monoisotopic (exact) mass is 1490 g/mol. The molecule has 14 aromatic carbocycles. The van der Waals surface area contributed by atoms with Gasteiger partial charge in [-0.15, -0.1) is 22.7 Å². The van der Waals surface area contributed by atoms with E-state index in [0.29, 0.717) is 92.9 Å². The molecular formula is C88H45B3F8N4O5S2. The van der Waals surface area contributed by atoms with Gasteiger partial charge in [-0.1, -0.05) is 127 Å². The second kappa shape index (κ2) is 24.2. The number of nitrogens with zero attached hydrogens (tertiary/aromatic N) is 4. The number of fused-ring (bicyclic) bond motifs is 16. The fraction of sp³-hybridized carbons (Fsp3) is 0. The molecule has 16 aromatic rings. The Kier molecular flexibility index (Phi) is 14.1. The third kappa shape index (κ3) is 9.48. The highest BCUT2D eigenvalue weighted by molar-refractivity contribution is 7.34. The summed E-state index contributed by atoms with van der Waals surface area (Å²) in [6.07, 6.45) is 0. The molecule has 0 saturated heterocycles. The van der Waals surface area contributed by atoms with Crippen LogP contribution in [0.2, 0.25) is 0 Å². The lowest BCUT2D eigenvalue weighted by atomic mass is 9.31. The Morgan fingerprint density at radius 1 is 0.245 bits per heavy atom. The Balaban J connectivity index is 0.842. The summed E-state index contributed by atoms with van der Waals surface area (Å²) in [5.74, 6) is -4.32. The molecule has 110 heavy (non-hydrogen) atoms. The van der Waals surface area contributed by atoms with Crippen molar-refractivity contribution in [3.63, 3.8) is 0 Å². The van der Waals surface area contributed by atoms with Gasteiger partial charge in [0.15, 0.2) is 0 Å². The molecule has 0 atom stereocenters. The van der Waals surface area contributed by atoms with Crippen molar-refractivity contribution in [2.45, 2.75) is 0 Å². The van der Waals surface area contributed by atoms with Crippen molar-refractivity contribution >= 4 is 179 Å². The lowest BCUT2D eigenvalue weighted by molar-refractivity contribution is 0.443. The minimum absolute atomic E-state index is 0.169. The first kappa shape index (κ1) is 64.1. The molecule has 0 bridgehead atoms. The molecule has 0 N–H and O–H groups in total. The highest BCUT2D eigenvalue weighted by atomic mass is 32.1. The van der Waals surface area contributed by atoms with Gasteiger partial charge < -0.3 is 43.3 Å². The Morgan fingerprint density at radius 2 is 0.555 bits per heavy atom. The molecule has 2 aromatic heterocycles. The smallest absolute Gasteiger partial charge is 0.264 e. The maximum atomic E-state index is 17.6. The van der Waals surface area contributed by atoms with Crippen LogP contribution in [0.1, 0.15) is 0 Å². The van der Waals surface area contributed by atoms with Gasteiger partial charge in [0.05, 0.1) is 11.4 Å². The quantitative estimate of drug-likeness (QED) is 0.0984. The number of hydrogen-bond acceptors (Lipinski definition) is 11. The van der Waals surface area contributed by atoms with Crippen LogP contribution in [0.5, 0.6) is 57.5 Å². The summed E-state index contributed by atoms with van der Waals surface area (Å²) >= 11 is 2.83. The Labute approximate surface area is 630 Å². The number of hydrogen-bond donors (Lipinski definition) is 0. The molecule has 9 nitrogen and oxygen atoms in total. The summed E-state index contributed by atoms with van der Waals surface area (Å²) in [7, 11) is 0. The number of para-hydroxylation sites is 7. The first-order valence-electron chi connectivity index (χ1n) is 35.3. The van der Waals surface area contributed by atoms with Crippen LogP contribution in [0.3, 0.4) is 0 Å². The Morgan fingerprint density at radius 3 is 0.909 bits per heavy atom. The average molecular weight is 1490 g/mol. The summed E-state index contributed by atoms with van der Waals surface area (Å²) < 4.78 is 177. The summed E-state index contributed by atoms with van der Waals surface area (Å²) in [6.45, 7) is -2.64. The molecule has 8 heterocycles. The van der Waals surface area contributed by atoms with E-state index in [1.807, 2.05) is 91.0 Å². The first-order chi connectivity index (χ1) is 53.8. The zero-order chi connectivity index (χ0) is 73.6. The molecule has 6 aliphatic rings. The molecule has 0 aliphatic carbocycles. The first-order valence-corrected chi connectivity index (χ1v) is 36.9. The fourth-order valence-electron chi connectivity index (χ4n) is 17.1. The maximum absolute atomic E-state index is 17.6. The van der Waals surface area contributed by atoms with Crippen LogP contribution >= 0.6 is 22.7 Å². The van der Waals surface area contributed by atoms with E-state index in [1.165, 1.54) is 81.0 Å². The molecule has 0 saturated carbocycles. The topological polar surface area (TPSA) is 59.1 Å². The number of rotatable bonds is 10. The van der Waals surface area contributed by atoms with Gasteiger partial charge in [-0.25, -0.2) is 35.1 Å². The normalized spacial score (nSPS) is 13.5. The molecule has 0 spiro atoms. The van der Waals surface area contributed by atoms with Crippen molar-refractivity contribution in [2.75, 3.05) is 19.6 Å². The second-order valence-corrected chi connectivity index (χ2v) is 29.6. The van der Waals surface area contributed by atoms with Crippen LogP contribution in [-0.2, 0) is 0 Å². The van der Waals surface area contributed by atoms with E-state index in [-0.39, 0.29) is 68.6 Å². The van der Waals surface area contributed by atoms with E-state index in [1.54, 1.807) is 119 Å². The van der Waals surface area contributed by atoms with Crippen molar-refractivity contribution in [1.29, 1.82) is 0 Å². The third-order valence-electron chi connectivity index (χ3n) is 21.4. The molecule has 0 radical (unpaired) electrons. The van der Waals surface area contributed by atoms with E-state index < -0.39 is 89.4 Å². The van der Waals surface area contributed by atoms with Crippen LogP contribution in [-0.4, -0.2) is 20.1 Å². The van der Waals surface area contributed by atoms with E-state index in [9.17, 15) is 0 Å². The summed E-state index contributed by atoms with van der Waals surface area (Å²) in [5.41, 5.74) is 4.16. The minimum atomic E-state index is -0.937. The SMILES string of the molecule is Fc1cccc(F)c1N1c2cc3c(cc2B2c4sc5ccccc5c4N(c4c(F)cccc4F)c4cc(Oc5ccccc5)cc1c42)B1c2cc4c(cc2Oc2cc(Oc5ccccc5)cc(c21)O3)N(c1c(F)cccc1F)c1cc(Oc2ccccc2)cc2c1B4c1sc3ccccc3c1N2c1c(F)cccc1F. The second-order valence-electron chi connectivity index (χ2n) is 27.5. The molecule has 0 fully saturated rings. The Bertz CT molecular complexity index is 6230. The van der Waals surface area contributed by atoms with Gasteiger partial charge in [0, 0.05) is 118 Å². The van der Waals surface area contributed by atoms with Crippen molar-refractivity contribution in [2.24, 2.45) is 0 Å². The van der Waals surface area contributed by atoms with Gasteiger partial charge in [-0.2, -0.15) is 0 Å². The highest BCUT2D eigenvalue weighted by Crippen LogP contribution is 2.55. The zero-order valence-electron chi connectivity index (χ0n) is 56.9. The van der Waals surface area contributed by atoms with Gasteiger partial charge in [-0.05, 0) is 130 Å². The summed E-state index contributed by atoms with van der Waals surface area (Å²) in [4.78, 5) is 6.08. The van der Waals surface area contributed by atoms with E-state index in [2.05, 4.69) is 0 Å². The van der Waals surface area contributed by atoms with Crippen LogP contribution in [0, 0.1) is 46.5 Å². The van der Waals surface area contributed by atoms with Gasteiger partial charge >= 0.3 is 0 Å². The van der Waals surface area contributed by atoms with Crippen molar-refractivity contribution < 1.29 is 58.8 Å². The number of anilines is 12. The standard InChI is InChI=1S/C88H45B3F8N4O5S2/c92-58-26-14-27-59(93)83(58)100-66-44-72-56(42-54(66)90-78-68(100)36-49(104-46-18-4-1-5-19-46)38-70(78)102(85-62(96)30-16-31-63(85)97)81-52-24-10-12-34-76(52)109-87(81)90)89-57-43-55-67(45-73(57)108-75-41-51(40-74(107-72)80(75)89)106-48-22-8-3-9-23-48)101(84-60(94)28-15-29-61(84)95)69-37-50(105-47-20-6-2-7-21-47)39-71-79(69)91(55)88-82(53-25-11-13-35-77(53)110-88)103(71)86-64(98)32-17-33-65(86)99/h1-45H. The summed E-state index contributed by atoms with van der Waals surface area (Å²) in [5, 5.41) is 1.33. The van der Waals surface area contributed by atoms with Gasteiger partial charge in [-0.3, -0.25) is 0 Å². The van der Waals surface area contributed by atoms with E-state index >= 15 is 35.1 Å². The lowest BCUT2D eigenvalue weighted by Gasteiger charge is -2.45. The van der Waals surface area contributed by atoms with Gasteiger partial charge in [0.2, 0.25) is 0 Å². The van der Waals surface area contributed by atoms with Crippen LogP contribution in [0.4, 0.5) is 103 Å². The van der Waals surface area contributed by atoms with Crippen LogP contribution in [0.15, 0.2) is 273 Å². The van der Waals surface area contributed by atoms with Crippen molar-refractivity contribution in [3.8, 4) is 57.5 Å². The largest absolute Gasteiger partial charge is 0.458 e. The molecule has 0 unspecified atom stereocenters. The number of benzene rings is 14. The number of thiophene rings is 2. The van der Waals surface area contributed by atoms with Crippen molar-refractivity contribution in [3.05, 3.63) is 320 Å². The predicted octanol–water partition coefficient (Wildman–Crippen LogP) is 19.5. The lowest BCUT2D eigenvalue weighted by Crippen LogP contribution is -2.64. The minimum Gasteiger partial charge on any atom is -0.458 e. The third-order valence-corrected chi connectivity index (χ3v) is 23.8. The number of halogens is 8. The molecule has 6 aliphatic heterocycles. The van der Waals surface area contributed by atoms with Gasteiger partial charge in [0.25, 0.3) is 20.1 Å². The maximum Gasteiger partial charge on any atom is 0.264 e. The summed E-state index contributed by atoms with van der Waals surface area (Å²) in [6, 6.07) is 74.4. The van der Waals surface area contributed by atoms with Crippen LogP contribution in [0.25, 0.3) is 20.2 Å². The highest BCUT2D eigenvalue weighted by Gasteiger charge is 2.53. The molecule has 22 rings (SSSR count). The molecule has 22 heteroatoms.